The third-order valence-corrected chi connectivity index (χ3v) is 8.53. The zero-order valence-electron chi connectivity index (χ0n) is 24.2. The van der Waals surface area contributed by atoms with Crippen LogP contribution in [-0.4, -0.2) is 15.0 Å². The second kappa shape index (κ2) is 10.2. The predicted octanol–water partition coefficient (Wildman–Crippen LogP) is 10.7. The van der Waals surface area contributed by atoms with Crippen LogP contribution in [0.2, 0.25) is 0 Å². The molecule has 0 saturated heterocycles. The summed E-state index contributed by atoms with van der Waals surface area (Å²) in [5.41, 5.74) is 6.74. The highest BCUT2D eigenvalue weighted by atomic mass is 16.3. The Labute approximate surface area is 259 Å². The van der Waals surface area contributed by atoms with E-state index >= 15 is 0 Å². The third kappa shape index (κ3) is 4.35. The zero-order valence-corrected chi connectivity index (χ0v) is 24.2. The summed E-state index contributed by atoms with van der Waals surface area (Å²) in [7, 11) is 0. The number of para-hydroxylation sites is 1. The van der Waals surface area contributed by atoms with Gasteiger partial charge in [0.2, 0.25) is 0 Å². The Morgan fingerprint density at radius 3 is 1.80 bits per heavy atom. The highest BCUT2D eigenvalue weighted by Crippen LogP contribution is 2.37. The van der Waals surface area contributed by atoms with E-state index < -0.39 is 0 Å². The molecule has 0 aliphatic carbocycles. The van der Waals surface area contributed by atoms with Crippen molar-refractivity contribution >= 4 is 43.5 Å². The Hall–Kier alpha value is -6.13. The van der Waals surface area contributed by atoms with Crippen molar-refractivity contribution in [3.05, 3.63) is 152 Å². The van der Waals surface area contributed by atoms with Gasteiger partial charge in [-0.25, -0.2) is 15.0 Å². The summed E-state index contributed by atoms with van der Waals surface area (Å²) in [6, 6.07) is 52.3. The lowest BCUT2D eigenvalue weighted by atomic mass is 9.97. The number of furan rings is 1. The molecule has 9 aromatic rings. The molecule has 0 radical (unpaired) electrons. The van der Waals surface area contributed by atoms with Gasteiger partial charge < -0.3 is 4.42 Å². The molecule has 210 valence electrons. The topological polar surface area (TPSA) is 51.8 Å². The molecule has 0 bridgehead atoms. The Morgan fingerprint density at radius 1 is 0.356 bits per heavy atom. The van der Waals surface area contributed by atoms with Gasteiger partial charge in [0.15, 0.2) is 17.5 Å². The summed E-state index contributed by atoms with van der Waals surface area (Å²) < 4.78 is 6.18. The fraction of sp³-hybridized carbons (Fsp3) is 0. The standard InChI is InChI=1S/C41H25N3O/c1-2-10-28(11-3-1)39-42-40(44-41(43-39)35-14-8-16-37-38(35)34-13-6-7-15-36(34)45-37)29-20-17-26(18-21-29)30-23-24-33-31(25-30)22-19-27-9-4-5-12-32(27)33/h1-25H. The molecule has 0 aliphatic heterocycles. The molecule has 0 fully saturated rings. The van der Waals surface area contributed by atoms with Gasteiger partial charge in [-0.05, 0) is 50.9 Å². The van der Waals surface area contributed by atoms with Crippen LogP contribution in [0.1, 0.15) is 0 Å². The third-order valence-electron chi connectivity index (χ3n) is 8.53. The van der Waals surface area contributed by atoms with Gasteiger partial charge in [0.05, 0.1) is 0 Å². The Balaban J connectivity index is 1.16. The molecule has 9 rings (SSSR count). The lowest BCUT2D eigenvalue weighted by Crippen LogP contribution is -2.00. The zero-order chi connectivity index (χ0) is 29.7. The Morgan fingerprint density at radius 2 is 0.956 bits per heavy atom. The molecule has 0 amide bonds. The first-order valence-electron chi connectivity index (χ1n) is 15.0. The first-order valence-corrected chi connectivity index (χ1v) is 15.0. The van der Waals surface area contributed by atoms with Crippen LogP contribution in [-0.2, 0) is 0 Å². The molecule has 0 unspecified atom stereocenters. The van der Waals surface area contributed by atoms with E-state index in [1.165, 1.54) is 27.1 Å². The van der Waals surface area contributed by atoms with Crippen LogP contribution in [0, 0.1) is 0 Å². The Kier molecular flexibility index (Phi) is 5.78. The quantitative estimate of drug-likeness (QED) is 0.196. The van der Waals surface area contributed by atoms with Crippen molar-refractivity contribution in [3.8, 4) is 45.3 Å². The van der Waals surface area contributed by atoms with Gasteiger partial charge in [-0.2, -0.15) is 0 Å². The molecule has 2 aromatic heterocycles. The maximum atomic E-state index is 6.18. The first kappa shape index (κ1) is 25.4. The number of fused-ring (bicyclic) bond motifs is 6. The van der Waals surface area contributed by atoms with E-state index in [1.54, 1.807) is 0 Å². The maximum Gasteiger partial charge on any atom is 0.164 e. The van der Waals surface area contributed by atoms with Gasteiger partial charge in [0.25, 0.3) is 0 Å². The van der Waals surface area contributed by atoms with Gasteiger partial charge in [-0.1, -0.05) is 133 Å². The molecule has 0 aliphatic rings. The fourth-order valence-corrected chi connectivity index (χ4v) is 6.31. The van der Waals surface area contributed by atoms with E-state index in [9.17, 15) is 0 Å². The van der Waals surface area contributed by atoms with Gasteiger partial charge >= 0.3 is 0 Å². The smallest absolute Gasteiger partial charge is 0.164 e. The second-order valence-corrected chi connectivity index (χ2v) is 11.2. The van der Waals surface area contributed by atoms with E-state index in [1.807, 2.05) is 60.7 Å². The maximum absolute atomic E-state index is 6.18. The van der Waals surface area contributed by atoms with Crippen molar-refractivity contribution in [2.75, 3.05) is 0 Å². The molecule has 0 atom stereocenters. The van der Waals surface area contributed by atoms with Crippen LogP contribution in [0.3, 0.4) is 0 Å². The van der Waals surface area contributed by atoms with E-state index in [2.05, 4.69) is 91.0 Å². The van der Waals surface area contributed by atoms with Crippen LogP contribution < -0.4 is 0 Å². The van der Waals surface area contributed by atoms with Crippen molar-refractivity contribution < 1.29 is 4.42 Å². The summed E-state index contributed by atoms with van der Waals surface area (Å²) >= 11 is 0. The molecule has 0 spiro atoms. The predicted molar refractivity (Wildman–Crippen MR) is 184 cm³/mol. The van der Waals surface area contributed by atoms with Crippen molar-refractivity contribution in [3.63, 3.8) is 0 Å². The van der Waals surface area contributed by atoms with Gasteiger partial charge in [-0.15, -0.1) is 0 Å². The molecule has 4 heteroatoms. The van der Waals surface area contributed by atoms with E-state index in [0.717, 1.165) is 44.2 Å². The van der Waals surface area contributed by atoms with E-state index in [4.69, 9.17) is 19.4 Å². The van der Waals surface area contributed by atoms with Crippen LogP contribution in [0.15, 0.2) is 156 Å². The van der Waals surface area contributed by atoms with Crippen molar-refractivity contribution in [1.29, 1.82) is 0 Å². The summed E-state index contributed by atoms with van der Waals surface area (Å²) in [5.74, 6) is 1.87. The lowest BCUT2D eigenvalue weighted by Gasteiger charge is -2.10. The van der Waals surface area contributed by atoms with Crippen LogP contribution in [0.25, 0.3) is 88.8 Å². The number of hydrogen-bond donors (Lipinski definition) is 0. The van der Waals surface area contributed by atoms with Gasteiger partial charge in [0, 0.05) is 27.5 Å². The number of nitrogens with zero attached hydrogens (tertiary/aromatic N) is 3. The average molecular weight is 576 g/mol. The molecular weight excluding hydrogens is 550 g/mol. The van der Waals surface area contributed by atoms with Crippen molar-refractivity contribution in [2.24, 2.45) is 0 Å². The molecule has 0 saturated carbocycles. The fourth-order valence-electron chi connectivity index (χ4n) is 6.31. The van der Waals surface area contributed by atoms with E-state index in [0.29, 0.717) is 17.5 Å². The number of hydrogen-bond acceptors (Lipinski definition) is 4. The SMILES string of the molecule is c1ccc(-c2nc(-c3ccc(-c4ccc5c(ccc6ccccc65)c4)cc3)nc(-c3cccc4oc5ccccc5c34)n2)cc1. The van der Waals surface area contributed by atoms with E-state index in [-0.39, 0.29) is 0 Å². The summed E-state index contributed by atoms with van der Waals surface area (Å²) in [6.07, 6.45) is 0. The summed E-state index contributed by atoms with van der Waals surface area (Å²) in [5, 5.41) is 7.07. The summed E-state index contributed by atoms with van der Waals surface area (Å²) in [4.78, 5) is 15.0. The monoisotopic (exact) mass is 575 g/mol. The molecule has 45 heavy (non-hydrogen) atoms. The molecule has 0 N–H and O–H groups in total. The second-order valence-electron chi connectivity index (χ2n) is 11.2. The van der Waals surface area contributed by atoms with Crippen LogP contribution in [0.5, 0.6) is 0 Å². The minimum Gasteiger partial charge on any atom is -0.456 e. The van der Waals surface area contributed by atoms with Crippen molar-refractivity contribution in [1.82, 2.24) is 15.0 Å². The minimum atomic E-state index is 0.613. The lowest BCUT2D eigenvalue weighted by molar-refractivity contribution is 0.669. The van der Waals surface area contributed by atoms with Crippen LogP contribution >= 0.6 is 0 Å². The minimum absolute atomic E-state index is 0.613. The summed E-state index contributed by atoms with van der Waals surface area (Å²) in [6.45, 7) is 0. The average Bonchev–Trinajstić information content (AvgIpc) is 3.51. The highest BCUT2D eigenvalue weighted by molar-refractivity contribution is 6.12. The molecular formula is C41H25N3O. The highest BCUT2D eigenvalue weighted by Gasteiger charge is 2.17. The van der Waals surface area contributed by atoms with Gasteiger partial charge in [-0.3, -0.25) is 0 Å². The number of rotatable bonds is 4. The first-order chi connectivity index (χ1) is 22.3. The largest absolute Gasteiger partial charge is 0.456 e. The Bertz CT molecular complexity index is 2530. The van der Waals surface area contributed by atoms with Crippen LogP contribution in [0.4, 0.5) is 0 Å². The van der Waals surface area contributed by atoms with Crippen molar-refractivity contribution in [2.45, 2.75) is 0 Å². The molecule has 4 nitrogen and oxygen atoms in total. The normalized spacial score (nSPS) is 11.6. The molecule has 7 aromatic carbocycles. The van der Waals surface area contributed by atoms with Gasteiger partial charge in [0.1, 0.15) is 11.2 Å². The number of aromatic nitrogens is 3. The number of benzene rings is 7. The molecule has 2 heterocycles.